The Hall–Kier alpha value is -1.16. The number of rotatable bonds is 7. The van der Waals surface area contributed by atoms with E-state index in [2.05, 4.69) is 18.5 Å². The molecule has 0 heterocycles. The molecule has 0 aromatic heterocycles. The Bertz CT molecular complexity index is 382. The molecule has 1 aromatic rings. The molecule has 1 atom stereocenters. The number of carbonyl (C=O) groups excluding carboxylic acids is 1. The Kier molecular flexibility index (Phi) is 6.65. The number of hydrogen-bond donors (Lipinski definition) is 2. The van der Waals surface area contributed by atoms with E-state index in [1.54, 1.807) is 11.8 Å². The molecule has 18 heavy (non-hydrogen) atoms. The minimum atomic E-state index is 0.117. The van der Waals surface area contributed by atoms with Gasteiger partial charge in [0, 0.05) is 18.2 Å². The maximum Gasteiger partial charge on any atom is 0.220 e. The topological polar surface area (TPSA) is 55.1 Å². The van der Waals surface area contributed by atoms with Crippen molar-refractivity contribution in [2.45, 2.75) is 32.2 Å². The van der Waals surface area contributed by atoms with Gasteiger partial charge in [-0.05, 0) is 49.5 Å². The summed E-state index contributed by atoms with van der Waals surface area (Å²) < 4.78 is 0. The van der Waals surface area contributed by atoms with Crippen molar-refractivity contribution in [3.8, 4) is 0 Å². The zero-order valence-electron chi connectivity index (χ0n) is 11.1. The summed E-state index contributed by atoms with van der Waals surface area (Å²) >= 11 is 1.80. The highest BCUT2D eigenvalue weighted by Crippen LogP contribution is 2.09. The molecule has 3 N–H and O–H groups in total. The minimum Gasteiger partial charge on any atom is -0.399 e. The third kappa shape index (κ3) is 5.96. The Labute approximate surface area is 114 Å². The van der Waals surface area contributed by atoms with Gasteiger partial charge in [0.2, 0.25) is 5.91 Å². The number of amides is 1. The molecule has 0 aliphatic rings. The summed E-state index contributed by atoms with van der Waals surface area (Å²) in [7, 11) is 0. The standard InChI is InChI=1S/C14H22N2OS/c1-11(8-9-18-2)16-14(17)7-6-12-4-3-5-13(15)10-12/h3-5,10-11H,6-9,15H2,1-2H3,(H,16,17). The van der Waals surface area contributed by atoms with E-state index in [0.717, 1.165) is 29.8 Å². The van der Waals surface area contributed by atoms with Crippen LogP contribution in [0.3, 0.4) is 0 Å². The van der Waals surface area contributed by atoms with Crippen molar-refractivity contribution in [3.05, 3.63) is 29.8 Å². The first kappa shape index (κ1) is 14.9. The Morgan fingerprint density at radius 1 is 1.50 bits per heavy atom. The largest absolute Gasteiger partial charge is 0.399 e. The second kappa shape index (κ2) is 8.03. The molecule has 1 amide bonds. The van der Waals surface area contributed by atoms with Crippen molar-refractivity contribution in [2.75, 3.05) is 17.7 Å². The van der Waals surface area contributed by atoms with E-state index in [0.29, 0.717) is 6.42 Å². The molecule has 0 bridgehead atoms. The van der Waals surface area contributed by atoms with Gasteiger partial charge < -0.3 is 11.1 Å². The van der Waals surface area contributed by atoms with E-state index < -0.39 is 0 Å². The van der Waals surface area contributed by atoms with Crippen molar-refractivity contribution >= 4 is 23.4 Å². The van der Waals surface area contributed by atoms with Gasteiger partial charge in [-0.3, -0.25) is 4.79 Å². The van der Waals surface area contributed by atoms with Crippen LogP contribution >= 0.6 is 11.8 Å². The Morgan fingerprint density at radius 2 is 2.28 bits per heavy atom. The molecule has 0 fully saturated rings. The van der Waals surface area contributed by atoms with E-state index >= 15 is 0 Å². The van der Waals surface area contributed by atoms with Gasteiger partial charge in [0.25, 0.3) is 0 Å². The van der Waals surface area contributed by atoms with Crippen LogP contribution in [0.4, 0.5) is 5.69 Å². The highest BCUT2D eigenvalue weighted by atomic mass is 32.2. The predicted molar refractivity (Wildman–Crippen MR) is 79.8 cm³/mol. The summed E-state index contributed by atoms with van der Waals surface area (Å²) in [5.74, 6) is 1.20. The van der Waals surface area contributed by atoms with Crippen LogP contribution in [-0.4, -0.2) is 24.0 Å². The molecule has 0 saturated heterocycles. The average molecular weight is 266 g/mol. The number of anilines is 1. The SMILES string of the molecule is CSCCC(C)NC(=O)CCc1cccc(N)c1. The fraction of sp³-hybridized carbons (Fsp3) is 0.500. The predicted octanol–water partition coefficient (Wildman–Crippen LogP) is 2.46. The number of nitrogens with one attached hydrogen (secondary N) is 1. The van der Waals surface area contributed by atoms with Crippen LogP contribution < -0.4 is 11.1 Å². The quantitative estimate of drug-likeness (QED) is 0.745. The van der Waals surface area contributed by atoms with Gasteiger partial charge in [-0.25, -0.2) is 0 Å². The van der Waals surface area contributed by atoms with Gasteiger partial charge in [-0.2, -0.15) is 11.8 Å². The molecular weight excluding hydrogens is 244 g/mol. The summed E-state index contributed by atoms with van der Waals surface area (Å²) in [6.07, 6.45) is 4.36. The van der Waals surface area contributed by atoms with Gasteiger partial charge in [-0.1, -0.05) is 12.1 Å². The number of aryl methyl sites for hydroxylation is 1. The third-order valence-electron chi connectivity index (χ3n) is 2.75. The molecule has 0 saturated carbocycles. The zero-order valence-corrected chi connectivity index (χ0v) is 11.9. The third-order valence-corrected chi connectivity index (χ3v) is 3.40. The van der Waals surface area contributed by atoms with Crippen LogP contribution in [0.2, 0.25) is 0 Å². The highest BCUT2D eigenvalue weighted by Gasteiger charge is 2.07. The second-order valence-electron chi connectivity index (χ2n) is 4.50. The molecule has 0 aliphatic heterocycles. The lowest BCUT2D eigenvalue weighted by Gasteiger charge is -2.13. The van der Waals surface area contributed by atoms with Crippen molar-refractivity contribution < 1.29 is 4.79 Å². The van der Waals surface area contributed by atoms with Crippen LogP contribution in [0.1, 0.15) is 25.3 Å². The molecule has 1 rings (SSSR count). The summed E-state index contributed by atoms with van der Waals surface area (Å²) in [6, 6.07) is 7.95. The minimum absolute atomic E-state index is 0.117. The normalized spacial score (nSPS) is 12.1. The molecule has 1 unspecified atom stereocenters. The maximum atomic E-state index is 11.7. The van der Waals surface area contributed by atoms with Crippen molar-refractivity contribution in [1.82, 2.24) is 5.32 Å². The molecule has 4 heteroatoms. The maximum absolute atomic E-state index is 11.7. The molecule has 0 spiro atoms. The monoisotopic (exact) mass is 266 g/mol. The molecule has 100 valence electrons. The van der Waals surface area contributed by atoms with Gasteiger partial charge in [0.15, 0.2) is 0 Å². The smallest absolute Gasteiger partial charge is 0.220 e. The average Bonchev–Trinajstić information content (AvgIpc) is 2.34. The lowest BCUT2D eigenvalue weighted by atomic mass is 10.1. The molecule has 1 aromatic carbocycles. The van der Waals surface area contributed by atoms with E-state index in [9.17, 15) is 4.79 Å². The molecule has 0 radical (unpaired) electrons. The molecule has 0 aliphatic carbocycles. The summed E-state index contributed by atoms with van der Waals surface area (Å²) in [4.78, 5) is 11.7. The summed E-state index contributed by atoms with van der Waals surface area (Å²) in [5, 5.41) is 3.02. The Balaban J connectivity index is 2.28. The summed E-state index contributed by atoms with van der Waals surface area (Å²) in [6.45, 7) is 2.05. The van der Waals surface area contributed by atoms with Crippen molar-refractivity contribution in [1.29, 1.82) is 0 Å². The van der Waals surface area contributed by atoms with E-state index in [-0.39, 0.29) is 11.9 Å². The van der Waals surface area contributed by atoms with E-state index in [4.69, 9.17) is 5.73 Å². The van der Waals surface area contributed by atoms with Crippen LogP contribution in [-0.2, 0) is 11.2 Å². The number of nitrogen functional groups attached to an aromatic ring is 1. The second-order valence-corrected chi connectivity index (χ2v) is 5.48. The van der Waals surface area contributed by atoms with Crippen LogP contribution in [0.15, 0.2) is 24.3 Å². The highest BCUT2D eigenvalue weighted by molar-refractivity contribution is 7.98. The number of thioether (sulfide) groups is 1. The fourth-order valence-electron chi connectivity index (χ4n) is 1.72. The van der Waals surface area contributed by atoms with Crippen molar-refractivity contribution in [3.63, 3.8) is 0 Å². The first-order chi connectivity index (χ1) is 8.61. The fourth-order valence-corrected chi connectivity index (χ4v) is 2.31. The molecular formula is C14H22N2OS. The van der Waals surface area contributed by atoms with Gasteiger partial charge >= 0.3 is 0 Å². The van der Waals surface area contributed by atoms with Crippen molar-refractivity contribution in [2.24, 2.45) is 0 Å². The zero-order chi connectivity index (χ0) is 13.4. The first-order valence-electron chi connectivity index (χ1n) is 6.24. The van der Waals surface area contributed by atoms with Gasteiger partial charge in [0.05, 0.1) is 0 Å². The van der Waals surface area contributed by atoms with Crippen LogP contribution in [0.5, 0.6) is 0 Å². The lowest BCUT2D eigenvalue weighted by molar-refractivity contribution is -0.121. The molecule has 3 nitrogen and oxygen atoms in total. The Morgan fingerprint density at radius 3 is 2.94 bits per heavy atom. The summed E-state index contributed by atoms with van der Waals surface area (Å²) in [5.41, 5.74) is 7.56. The van der Waals surface area contributed by atoms with E-state index in [1.165, 1.54) is 0 Å². The van der Waals surface area contributed by atoms with Gasteiger partial charge in [0.1, 0.15) is 0 Å². The number of carbonyl (C=O) groups is 1. The van der Waals surface area contributed by atoms with Crippen LogP contribution in [0.25, 0.3) is 0 Å². The first-order valence-corrected chi connectivity index (χ1v) is 7.64. The number of hydrogen-bond acceptors (Lipinski definition) is 3. The van der Waals surface area contributed by atoms with Gasteiger partial charge in [-0.15, -0.1) is 0 Å². The number of nitrogens with two attached hydrogens (primary N) is 1. The number of benzene rings is 1. The lowest BCUT2D eigenvalue weighted by Crippen LogP contribution is -2.33. The van der Waals surface area contributed by atoms with Crippen LogP contribution in [0, 0.1) is 0 Å². The van der Waals surface area contributed by atoms with E-state index in [1.807, 2.05) is 24.3 Å².